The first kappa shape index (κ1) is 17.0. The highest BCUT2D eigenvalue weighted by Crippen LogP contribution is 2.32. The lowest BCUT2D eigenvalue weighted by atomic mass is 9.98. The van der Waals surface area contributed by atoms with E-state index in [4.69, 9.17) is 16.3 Å². The van der Waals surface area contributed by atoms with Crippen LogP contribution < -0.4 is 4.74 Å². The number of rotatable bonds is 8. The van der Waals surface area contributed by atoms with Gasteiger partial charge in [0.2, 0.25) is 0 Å². The highest BCUT2D eigenvalue weighted by molar-refractivity contribution is 6.32. The lowest BCUT2D eigenvalue weighted by Crippen LogP contribution is -2.03. The summed E-state index contributed by atoms with van der Waals surface area (Å²) in [5, 5.41) is 0.809. The largest absolute Gasteiger partial charge is 0.494 e. The van der Waals surface area contributed by atoms with Crippen molar-refractivity contribution >= 4 is 17.4 Å². The van der Waals surface area contributed by atoms with Gasteiger partial charge in [-0.1, -0.05) is 18.5 Å². The summed E-state index contributed by atoms with van der Waals surface area (Å²) in [6, 6.07) is 2.00. The van der Waals surface area contributed by atoms with E-state index in [1.54, 1.807) is 0 Å². The molecule has 0 saturated carbocycles. The molecule has 0 aromatic heterocycles. The van der Waals surface area contributed by atoms with E-state index in [1.807, 2.05) is 33.8 Å². The van der Waals surface area contributed by atoms with Crippen LogP contribution >= 0.6 is 11.6 Å². The Bertz CT molecular complexity index is 467. The molecule has 1 aromatic carbocycles. The van der Waals surface area contributed by atoms with Crippen molar-refractivity contribution in [1.82, 2.24) is 0 Å². The number of ketones is 1. The Balaban J connectivity index is 2.82. The average Bonchev–Trinajstić information content (AvgIpc) is 2.40. The smallest absolute Gasteiger partial charge is 0.132 e. The van der Waals surface area contributed by atoms with Crippen molar-refractivity contribution in [3.63, 3.8) is 0 Å². The van der Waals surface area contributed by atoms with Gasteiger partial charge in [-0.15, -0.1) is 0 Å². The van der Waals surface area contributed by atoms with Gasteiger partial charge in [0.15, 0.2) is 0 Å². The summed E-state index contributed by atoms with van der Waals surface area (Å²) < 4.78 is 5.72. The van der Waals surface area contributed by atoms with Gasteiger partial charge in [-0.3, -0.25) is 4.79 Å². The summed E-state index contributed by atoms with van der Waals surface area (Å²) in [5.74, 6) is 1.26. The predicted molar refractivity (Wildman–Crippen MR) is 84.9 cm³/mol. The molecule has 0 unspecified atom stereocenters. The van der Waals surface area contributed by atoms with E-state index in [1.165, 1.54) is 0 Å². The monoisotopic (exact) mass is 296 g/mol. The van der Waals surface area contributed by atoms with E-state index < -0.39 is 0 Å². The van der Waals surface area contributed by atoms with E-state index in [2.05, 4.69) is 0 Å². The number of Topliss-reactive ketones (excluding diaryl/α,β-unsaturated/α-hetero) is 1. The third kappa shape index (κ3) is 4.52. The fourth-order valence-electron chi connectivity index (χ4n) is 2.42. The first-order valence-corrected chi connectivity index (χ1v) is 7.82. The maximum atomic E-state index is 11.6. The Labute approximate surface area is 127 Å². The number of halogens is 1. The molecule has 0 aliphatic rings. The molecule has 0 bridgehead atoms. The molecule has 3 heteroatoms. The van der Waals surface area contributed by atoms with Gasteiger partial charge >= 0.3 is 0 Å². The van der Waals surface area contributed by atoms with E-state index in [-0.39, 0.29) is 0 Å². The maximum absolute atomic E-state index is 11.6. The molecule has 0 amide bonds. The summed E-state index contributed by atoms with van der Waals surface area (Å²) >= 11 is 6.32. The molecule has 20 heavy (non-hydrogen) atoms. The highest BCUT2D eigenvalue weighted by Gasteiger charge is 2.13. The predicted octanol–water partition coefficient (Wildman–Crippen LogP) is 5.05. The Hall–Kier alpha value is -1.02. The summed E-state index contributed by atoms with van der Waals surface area (Å²) in [5.41, 5.74) is 3.27. The number of carbonyl (C=O) groups excluding carboxylic acids is 1. The Morgan fingerprint density at radius 3 is 2.55 bits per heavy atom. The van der Waals surface area contributed by atoms with Crippen molar-refractivity contribution in [1.29, 1.82) is 0 Å². The molecule has 0 fully saturated rings. The summed E-state index contributed by atoms with van der Waals surface area (Å²) in [6.07, 6.45) is 3.96. The number of hydrogen-bond donors (Lipinski definition) is 0. The molecular formula is C17H25ClO2. The van der Waals surface area contributed by atoms with Crippen molar-refractivity contribution in [2.45, 2.75) is 59.8 Å². The second-order valence-corrected chi connectivity index (χ2v) is 5.56. The molecule has 2 nitrogen and oxygen atoms in total. The maximum Gasteiger partial charge on any atom is 0.132 e. The molecule has 0 N–H and O–H groups in total. The normalized spacial score (nSPS) is 10.7. The molecule has 0 radical (unpaired) electrons. The number of benzene rings is 1. The van der Waals surface area contributed by atoms with Crippen molar-refractivity contribution < 1.29 is 9.53 Å². The van der Waals surface area contributed by atoms with Crippen LogP contribution in [0.15, 0.2) is 6.07 Å². The van der Waals surface area contributed by atoms with E-state index in [9.17, 15) is 4.79 Å². The molecule has 112 valence electrons. The minimum atomic E-state index is 0.348. The van der Waals surface area contributed by atoms with Crippen LogP contribution in [0.2, 0.25) is 5.02 Å². The number of aryl methyl sites for hydroxylation is 1. The van der Waals surface area contributed by atoms with Crippen LogP contribution in [0.3, 0.4) is 0 Å². The second-order valence-electron chi connectivity index (χ2n) is 5.18. The SMILES string of the molecule is CCCC(=O)CCCc1c(OCC)cc(C)c(Cl)c1C. The molecule has 0 saturated heterocycles. The molecule has 1 rings (SSSR count). The van der Waals surface area contributed by atoms with Gasteiger partial charge in [-0.05, 0) is 62.8 Å². The van der Waals surface area contributed by atoms with Gasteiger partial charge in [0.05, 0.1) is 6.61 Å². The van der Waals surface area contributed by atoms with Crippen LogP contribution in [0, 0.1) is 13.8 Å². The Kier molecular flexibility index (Phi) is 7.08. The highest BCUT2D eigenvalue weighted by atomic mass is 35.5. The minimum Gasteiger partial charge on any atom is -0.494 e. The zero-order valence-electron chi connectivity index (χ0n) is 13.0. The molecule has 0 spiro atoms. The van der Waals surface area contributed by atoms with Crippen LogP contribution in [-0.4, -0.2) is 12.4 Å². The van der Waals surface area contributed by atoms with Gasteiger partial charge < -0.3 is 4.74 Å². The summed E-state index contributed by atoms with van der Waals surface area (Å²) in [7, 11) is 0. The lowest BCUT2D eigenvalue weighted by Gasteiger charge is -2.16. The van der Waals surface area contributed by atoms with Crippen LogP contribution in [-0.2, 0) is 11.2 Å². The van der Waals surface area contributed by atoms with E-state index in [0.29, 0.717) is 25.2 Å². The third-order valence-corrected chi connectivity index (χ3v) is 4.07. The van der Waals surface area contributed by atoms with Crippen LogP contribution in [0.5, 0.6) is 5.75 Å². The van der Waals surface area contributed by atoms with E-state index >= 15 is 0 Å². The van der Waals surface area contributed by atoms with Crippen LogP contribution in [0.4, 0.5) is 0 Å². The Morgan fingerprint density at radius 2 is 1.95 bits per heavy atom. The topological polar surface area (TPSA) is 26.3 Å². The molecule has 0 atom stereocenters. The average molecular weight is 297 g/mol. The molecular weight excluding hydrogens is 272 g/mol. The zero-order chi connectivity index (χ0) is 15.1. The van der Waals surface area contributed by atoms with Crippen LogP contribution in [0.25, 0.3) is 0 Å². The number of ether oxygens (including phenoxy) is 1. The van der Waals surface area contributed by atoms with Crippen molar-refractivity contribution in [3.05, 3.63) is 27.8 Å². The third-order valence-electron chi connectivity index (χ3n) is 3.48. The zero-order valence-corrected chi connectivity index (χ0v) is 13.8. The molecule has 0 aliphatic heterocycles. The number of carbonyl (C=O) groups is 1. The van der Waals surface area contributed by atoms with E-state index in [0.717, 1.165) is 46.7 Å². The van der Waals surface area contributed by atoms with Crippen molar-refractivity contribution in [2.24, 2.45) is 0 Å². The van der Waals surface area contributed by atoms with Gasteiger partial charge in [0, 0.05) is 17.9 Å². The van der Waals surface area contributed by atoms with Gasteiger partial charge in [-0.25, -0.2) is 0 Å². The molecule has 1 aromatic rings. The fourth-order valence-corrected chi connectivity index (χ4v) is 2.59. The first-order valence-electron chi connectivity index (χ1n) is 7.44. The quantitative estimate of drug-likeness (QED) is 0.671. The summed E-state index contributed by atoms with van der Waals surface area (Å²) in [6.45, 7) is 8.68. The van der Waals surface area contributed by atoms with Gasteiger partial charge in [0.1, 0.15) is 11.5 Å². The molecule has 0 aliphatic carbocycles. The number of hydrogen-bond acceptors (Lipinski definition) is 2. The fraction of sp³-hybridized carbons (Fsp3) is 0.588. The van der Waals surface area contributed by atoms with Gasteiger partial charge in [0.25, 0.3) is 0 Å². The summed E-state index contributed by atoms with van der Waals surface area (Å²) in [4.78, 5) is 11.6. The first-order chi connectivity index (χ1) is 9.51. The lowest BCUT2D eigenvalue weighted by molar-refractivity contribution is -0.119. The van der Waals surface area contributed by atoms with Crippen molar-refractivity contribution in [2.75, 3.05) is 6.61 Å². The minimum absolute atomic E-state index is 0.348. The second kappa shape index (κ2) is 8.31. The Morgan fingerprint density at radius 1 is 1.25 bits per heavy atom. The standard InChI is InChI=1S/C17H25ClO2/c1-5-8-14(19)9-7-10-15-13(4)17(18)12(3)11-16(15)20-6-2/h11H,5-10H2,1-4H3. The van der Waals surface area contributed by atoms with Crippen LogP contribution in [0.1, 0.15) is 56.2 Å². The molecule has 0 heterocycles. The van der Waals surface area contributed by atoms with Crippen molar-refractivity contribution in [3.8, 4) is 5.75 Å². The van der Waals surface area contributed by atoms with Gasteiger partial charge in [-0.2, -0.15) is 0 Å².